The van der Waals surface area contributed by atoms with Crippen LogP contribution in [-0.4, -0.2) is 24.8 Å². The fraction of sp³-hybridized carbons (Fsp3) is 0.130. The molecule has 7 heteroatoms. The first kappa shape index (κ1) is 18.3. The molecule has 0 unspecified atom stereocenters. The van der Waals surface area contributed by atoms with Crippen molar-refractivity contribution in [1.29, 1.82) is 0 Å². The normalized spacial score (nSPS) is 12.0. The molecule has 0 aliphatic rings. The minimum absolute atomic E-state index is 0.184. The SMILES string of the molecule is CCc1ccc(-c2ccc3nnc(C(F)(F)c4ccc5ncccc5c4)n3n2)cc1. The van der Waals surface area contributed by atoms with Gasteiger partial charge in [-0.3, -0.25) is 4.98 Å². The Bertz CT molecular complexity index is 1360. The average Bonchev–Trinajstić information content (AvgIpc) is 3.23. The summed E-state index contributed by atoms with van der Waals surface area (Å²) in [4.78, 5) is 4.18. The Balaban J connectivity index is 1.61. The molecule has 0 aliphatic carbocycles. The lowest BCUT2D eigenvalue weighted by atomic mass is 10.0. The molecule has 30 heavy (non-hydrogen) atoms. The number of pyridine rings is 1. The van der Waals surface area contributed by atoms with E-state index in [1.807, 2.05) is 24.3 Å². The van der Waals surface area contributed by atoms with Crippen LogP contribution in [0.25, 0.3) is 27.8 Å². The Morgan fingerprint density at radius 2 is 1.77 bits per heavy atom. The van der Waals surface area contributed by atoms with E-state index in [9.17, 15) is 0 Å². The molecule has 5 rings (SSSR count). The molecule has 2 aromatic carbocycles. The Morgan fingerprint density at radius 3 is 2.57 bits per heavy atom. The highest BCUT2D eigenvalue weighted by molar-refractivity contribution is 5.79. The Morgan fingerprint density at radius 1 is 0.933 bits per heavy atom. The number of hydrogen-bond acceptors (Lipinski definition) is 4. The highest BCUT2D eigenvalue weighted by atomic mass is 19.3. The van der Waals surface area contributed by atoms with Crippen LogP contribution >= 0.6 is 0 Å². The van der Waals surface area contributed by atoms with Gasteiger partial charge in [0.25, 0.3) is 0 Å². The van der Waals surface area contributed by atoms with Gasteiger partial charge < -0.3 is 0 Å². The summed E-state index contributed by atoms with van der Waals surface area (Å²) in [7, 11) is 0. The Labute approximate surface area is 171 Å². The highest BCUT2D eigenvalue weighted by Gasteiger charge is 2.40. The second-order valence-electron chi connectivity index (χ2n) is 7.05. The summed E-state index contributed by atoms with van der Waals surface area (Å²) in [6.45, 7) is 2.08. The molecule has 0 saturated heterocycles. The number of aromatic nitrogens is 5. The van der Waals surface area contributed by atoms with Crippen LogP contribution in [0.15, 0.2) is 72.9 Å². The summed E-state index contributed by atoms with van der Waals surface area (Å²) in [6.07, 6.45) is 2.56. The summed E-state index contributed by atoms with van der Waals surface area (Å²) in [5.41, 5.74) is 3.35. The molecule has 0 radical (unpaired) electrons. The molecule has 5 nitrogen and oxygen atoms in total. The molecule has 148 valence electrons. The van der Waals surface area contributed by atoms with E-state index in [-0.39, 0.29) is 11.2 Å². The van der Waals surface area contributed by atoms with Crippen LogP contribution in [0.4, 0.5) is 8.78 Å². The summed E-state index contributed by atoms with van der Waals surface area (Å²) in [6, 6.07) is 19.1. The van der Waals surface area contributed by atoms with Gasteiger partial charge in [-0.15, -0.1) is 10.2 Å². The maximum Gasteiger partial charge on any atom is 0.333 e. The lowest BCUT2D eigenvalue weighted by molar-refractivity contribution is 0.0307. The van der Waals surface area contributed by atoms with Gasteiger partial charge in [0, 0.05) is 22.7 Å². The van der Waals surface area contributed by atoms with Gasteiger partial charge in [-0.2, -0.15) is 18.4 Å². The second kappa shape index (κ2) is 6.95. The van der Waals surface area contributed by atoms with E-state index in [0.717, 1.165) is 16.5 Å². The maximum atomic E-state index is 15.4. The van der Waals surface area contributed by atoms with Gasteiger partial charge in [-0.05, 0) is 42.3 Å². The molecular weight excluding hydrogens is 384 g/mol. The number of fused-ring (bicyclic) bond motifs is 2. The molecule has 0 aliphatic heterocycles. The van der Waals surface area contributed by atoms with Crippen molar-refractivity contribution >= 4 is 16.6 Å². The van der Waals surface area contributed by atoms with Crippen LogP contribution in [0.2, 0.25) is 0 Å². The number of alkyl halides is 2. The van der Waals surface area contributed by atoms with Crippen molar-refractivity contribution in [3.8, 4) is 11.3 Å². The van der Waals surface area contributed by atoms with Crippen molar-refractivity contribution in [2.24, 2.45) is 0 Å². The topological polar surface area (TPSA) is 56.0 Å². The van der Waals surface area contributed by atoms with Crippen LogP contribution in [0.1, 0.15) is 23.9 Å². The summed E-state index contributed by atoms with van der Waals surface area (Å²) in [5, 5.41) is 12.7. The lowest BCUT2D eigenvalue weighted by Gasteiger charge is -2.15. The van der Waals surface area contributed by atoms with Crippen molar-refractivity contribution in [3.63, 3.8) is 0 Å². The molecule has 0 saturated carbocycles. The van der Waals surface area contributed by atoms with E-state index in [0.29, 0.717) is 16.6 Å². The van der Waals surface area contributed by atoms with Gasteiger partial charge in [0.05, 0.1) is 11.2 Å². The first-order valence-corrected chi connectivity index (χ1v) is 9.61. The monoisotopic (exact) mass is 401 g/mol. The second-order valence-corrected chi connectivity index (χ2v) is 7.05. The van der Waals surface area contributed by atoms with Crippen molar-refractivity contribution in [1.82, 2.24) is 24.8 Å². The molecule has 3 aromatic heterocycles. The molecular formula is C23H17F2N5. The molecule has 0 spiro atoms. The van der Waals surface area contributed by atoms with Gasteiger partial charge >= 0.3 is 5.92 Å². The standard InChI is InChI=1S/C23H17F2N5/c1-2-15-5-7-16(8-6-15)20-11-12-21-27-28-22(30(21)29-20)23(24,25)18-9-10-19-17(14-18)4-3-13-26-19/h3-14H,2H2,1H3. The smallest absolute Gasteiger partial charge is 0.256 e. The Kier molecular flexibility index (Phi) is 4.24. The average molecular weight is 401 g/mol. The van der Waals surface area contributed by atoms with Crippen molar-refractivity contribution in [2.45, 2.75) is 19.3 Å². The number of halogens is 2. The molecule has 5 aromatic rings. The third-order valence-corrected chi connectivity index (χ3v) is 5.17. The van der Waals surface area contributed by atoms with Crippen LogP contribution in [0.5, 0.6) is 0 Å². The zero-order valence-corrected chi connectivity index (χ0v) is 16.1. The number of nitrogens with zero attached hydrogens (tertiary/aromatic N) is 5. The minimum Gasteiger partial charge on any atom is -0.256 e. The fourth-order valence-corrected chi connectivity index (χ4v) is 3.45. The van der Waals surface area contributed by atoms with Gasteiger partial charge in [0.15, 0.2) is 5.65 Å². The Hall–Kier alpha value is -3.74. The molecule has 0 N–H and O–H groups in total. The van der Waals surface area contributed by atoms with E-state index < -0.39 is 11.7 Å². The largest absolute Gasteiger partial charge is 0.333 e. The predicted octanol–water partition coefficient (Wildman–Crippen LogP) is 5.04. The van der Waals surface area contributed by atoms with Crippen molar-refractivity contribution in [2.75, 3.05) is 0 Å². The van der Waals surface area contributed by atoms with Crippen LogP contribution in [-0.2, 0) is 12.3 Å². The third kappa shape index (κ3) is 2.99. The van der Waals surface area contributed by atoms with Crippen LogP contribution in [0, 0.1) is 0 Å². The van der Waals surface area contributed by atoms with E-state index in [4.69, 9.17) is 0 Å². The van der Waals surface area contributed by atoms with Gasteiger partial charge in [-0.1, -0.05) is 43.3 Å². The van der Waals surface area contributed by atoms with E-state index >= 15 is 8.78 Å². The summed E-state index contributed by atoms with van der Waals surface area (Å²) >= 11 is 0. The first-order valence-electron chi connectivity index (χ1n) is 9.61. The number of benzene rings is 2. The quantitative estimate of drug-likeness (QED) is 0.423. The van der Waals surface area contributed by atoms with Gasteiger partial charge in [-0.25, -0.2) is 0 Å². The lowest BCUT2D eigenvalue weighted by Crippen LogP contribution is -2.20. The van der Waals surface area contributed by atoms with Crippen molar-refractivity contribution < 1.29 is 8.78 Å². The fourth-order valence-electron chi connectivity index (χ4n) is 3.45. The zero-order valence-electron chi connectivity index (χ0n) is 16.1. The van der Waals surface area contributed by atoms with E-state index in [1.54, 1.807) is 36.5 Å². The molecule has 0 atom stereocenters. The van der Waals surface area contributed by atoms with Crippen LogP contribution in [0.3, 0.4) is 0 Å². The number of hydrogen-bond donors (Lipinski definition) is 0. The highest BCUT2D eigenvalue weighted by Crippen LogP contribution is 2.36. The minimum atomic E-state index is -3.37. The molecule has 0 bridgehead atoms. The third-order valence-electron chi connectivity index (χ3n) is 5.17. The maximum absolute atomic E-state index is 15.4. The van der Waals surface area contributed by atoms with E-state index in [2.05, 4.69) is 27.2 Å². The zero-order chi connectivity index (χ0) is 20.7. The summed E-state index contributed by atoms with van der Waals surface area (Å²) < 4.78 is 32.0. The van der Waals surface area contributed by atoms with Gasteiger partial charge in [0.1, 0.15) is 0 Å². The van der Waals surface area contributed by atoms with E-state index in [1.165, 1.54) is 17.7 Å². The van der Waals surface area contributed by atoms with Crippen LogP contribution < -0.4 is 0 Å². The summed E-state index contributed by atoms with van der Waals surface area (Å²) in [5.74, 6) is -3.89. The number of rotatable bonds is 4. The first-order chi connectivity index (χ1) is 14.6. The van der Waals surface area contributed by atoms with Crippen molar-refractivity contribution in [3.05, 3.63) is 89.9 Å². The predicted molar refractivity (Wildman–Crippen MR) is 110 cm³/mol. The molecule has 0 amide bonds. The molecule has 0 fully saturated rings. The molecule has 3 heterocycles. The number of aryl methyl sites for hydroxylation is 1. The van der Waals surface area contributed by atoms with Gasteiger partial charge in [0.2, 0.25) is 5.82 Å².